The number of aryl methyl sites for hydroxylation is 1. The molecule has 11 heteroatoms. The van der Waals surface area contributed by atoms with Crippen molar-refractivity contribution in [1.82, 2.24) is 5.32 Å². The van der Waals surface area contributed by atoms with Gasteiger partial charge in [0.25, 0.3) is 5.91 Å². The van der Waals surface area contributed by atoms with Gasteiger partial charge >= 0.3 is 12.0 Å². The Morgan fingerprint density at radius 1 is 0.837 bits per heavy atom. The number of urea groups is 1. The van der Waals surface area contributed by atoms with Gasteiger partial charge < -0.3 is 30.5 Å². The number of hydrogen-bond donors (Lipinski definition) is 4. The van der Waals surface area contributed by atoms with Crippen LogP contribution in [0.4, 0.5) is 16.2 Å². The number of carboxylic acids is 1. The molecule has 0 bridgehead atoms. The number of amides is 3. The minimum Gasteiger partial charge on any atom is -0.496 e. The molecule has 0 fully saturated rings. The third-order valence-electron chi connectivity index (χ3n) is 6.63. The summed E-state index contributed by atoms with van der Waals surface area (Å²) in [5.41, 5.74) is 4.11. The molecule has 4 aromatic rings. The van der Waals surface area contributed by atoms with E-state index >= 15 is 0 Å². The predicted octanol–water partition coefficient (Wildman–Crippen LogP) is 7.06. The van der Waals surface area contributed by atoms with Crippen molar-refractivity contribution in [2.24, 2.45) is 0 Å². The van der Waals surface area contributed by atoms with E-state index in [-0.39, 0.29) is 22.0 Å². The van der Waals surface area contributed by atoms with Gasteiger partial charge in [-0.2, -0.15) is 0 Å². The number of rotatable bonds is 10. The molecule has 43 heavy (non-hydrogen) atoms. The number of ether oxygens (including phenoxy) is 2. The summed E-state index contributed by atoms with van der Waals surface area (Å²) in [6, 6.07) is 20.8. The second-order valence-electron chi connectivity index (χ2n) is 9.51. The van der Waals surface area contributed by atoms with Crippen LogP contribution in [-0.2, 0) is 11.2 Å². The maximum atomic E-state index is 12.8. The number of anilines is 2. The number of aliphatic carboxylic acids is 1. The third kappa shape index (κ3) is 7.57. The van der Waals surface area contributed by atoms with Gasteiger partial charge in [-0.25, -0.2) is 9.59 Å². The lowest BCUT2D eigenvalue weighted by molar-refractivity contribution is -0.139. The van der Waals surface area contributed by atoms with E-state index in [9.17, 15) is 19.5 Å². The van der Waals surface area contributed by atoms with Crippen molar-refractivity contribution in [2.45, 2.75) is 19.4 Å². The van der Waals surface area contributed by atoms with E-state index in [1.54, 1.807) is 42.5 Å². The van der Waals surface area contributed by atoms with Gasteiger partial charge in [-0.15, -0.1) is 0 Å². The van der Waals surface area contributed by atoms with E-state index in [0.717, 1.165) is 11.1 Å². The van der Waals surface area contributed by atoms with Gasteiger partial charge in [0.05, 0.1) is 35.4 Å². The Balaban J connectivity index is 1.52. The summed E-state index contributed by atoms with van der Waals surface area (Å²) in [6.45, 7) is 1.90. The van der Waals surface area contributed by atoms with Gasteiger partial charge in [0, 0.05) is 29.9 Å². The highest BCUT2D eigenvalue weighted by Gasteiger charge is 2.24. The molecular weight excluding hydrogens is 593 g/mol. The van der Waals surface area contributed by atoms with E-state index < -0.39 is 23.9 Å². The SMILES string of the molecule is COc1cc(NC(=O)Nc2ccccc2C)cc(OC)c1-c1ccc(C[C@H](NC(=O)c2c(Cl)cccc2Cl)C(=O)O)cc1. The van der Waals surface area contributed by atoms with Crippen LogP contribution in [-0.4, -0.2) is 43.3 Å². The van der Waals surface area contributed by atoms with Crippen LogP contribution in [0.15, 0.2) is 78.9 Å². The number of carboxylic acid groups (broad SMARTS) is 1. The van der Waals surface area contributed by atoms with Crippen LogP contribution in [0.1, 0.15) is 21.5 Å². The minimum absolute atomic E-state index is 0.0105. The number of methoxy groups -OCH3 is 2. The van der Waals surface area contributed by atoms with E-state index in [2.05, 4.69) is 16.0 Å². The molecule has 0 aliphatic carbocycles. The normalized spacial score (nSPS) is 11.3. The van der Waals surface area contributed by atoms with E-state index in [0.29, 0.717) is 34.0 Å². The molecule has 4 N–H and O–H groups in total. The summed E-state index contributed by atoms with van der Waals surface area (Å²) in [5.74, 6) is -0.995. The first-order valence-electron chi connectivity index (χ1n) is 13.1. The van der Waals surface area contributed by atoms with Crippen LogP contribution in [0, 0.1) is 6.92 Å². The third-order valence-corrected chi connectivity index (χ3v) is 7.26. The molecule has 222 valence electrons. The maximum absolute atomic E-state index is 12.8. The van der Waals surface area contributed by atoms with Crippen molar-refractivity contribution in [3.05, 3.63) is 106 Å². The van der Waals surface area contributed by atoms with Gasteiger partial charge in [-0.1, -0.05) is 71.7 Å². The number of halogens is 2. The van der Waals surface area contributed by atoms with Gasteiger partial charge in [-0.3, -0.25) is 4.79 Å². The number of hydrogen-bond acceptors (Lipinski definition) is 5. The summed E-state index contributed by atoms with van der Waals surface area (Å²) in [5, 5.41) is 18.1. The smallest absolute Gasteiger partial charge is 0.326 e. The largest absolute Gasteiger partial charge is 0.496 e. The number of para-hydroxylation sites is 1. The summed E-state index contributed by atoms with van der Waals surface area (Å²) < 4.78 is 11.3. The van der Waals surface area contributed by atoms with Gasteiger partial charge in [0.2, 0.25) is 0 Å². The zero-order valence-electron chi connectivity index (χ0n) is 23.5. The first kappa shape index (κ1) is 31.2. The second-order valence-corrected chi connectivity index (χ2v) is 10.3. The Morgan fingerprint density at radius 2 is 1.44 bits per heavy atom. The van der Waals surface area contributed by atoms with Crippen LogP contribution in [0.3, 0.4) is 0 Å². The summed E-state index contributed by atoms with van der Waals surface area (Å²) >= 11 is 12.2. The summed E-state index contributed by atoms with van der Waals surface area (Å²) in [7, 11) is 3.02. The number of nitrogens with one attached hydrogen (secondary N) is 3. The Labute approximate surface area is 258 Å². The number of carbonyl (C=O) groups is 3. The predicted molar refractivity (Wildman–Crippen MR) is 168 cm³/mol. The first-order chi connectivity index (χ1) is 20.6. The lowest BCUT2D eigenvalue weighted by Gasteiger charge is -2.18. The van der Waals surface area contributed by atoms with Crippen LogP contribution in [0.5, 0.6) is 11.5 Å². The average Bonchev–Trinajstić information content (AvgIpc) is 2.97. The molecule has 3 amide bonds. The van der Waals surface area contributed by atoms with Crippen molar-refractivity contribution >= 4 is 52.5 Å². The molecule has 0 unspecified atom stereocenters. The van der Waals surface area contributed by atoms with Crippen molar-refractivity contribution in [2.75, 3.05) is 24.9 Å². The van der Waals surface area contributed by atoms with E-state index in [1.165, 1.54) is 26.4 Å². The highest BCUT2D eigenvalue weighted by molar-refractivity contribution is 6.39. The average molecular weight is 623 g/mol. The molecule has 4 rings (SSSR count). The number of carbonyl (C=O) groups excluding carboxylic acids is 2. The number of benzene rings is 4. The molecule has 9 nitrogen and oxygen atoms in total. The van der Waals surface area contributed by atoms with Crippen LogP contribution in [0.2, 0.25) is 10.0 Å². The van der Waals surface area contributed by atoms with E-state index in [1.807, 2.05) is 31.2 Å². The minimum atomic E-state index is -1.23. The quantitative estimate of drug-likeness (QED) is 0.150. The molecule has 0 aliphatic rings. The molecule has 4 aromatic carbocycles. The Kier molecular flexibility index (Phi) is 10.1. The fourth-order valence-electron chi connectivity index (χ4n) is 4.45. The zero-order valence-corrected chi connectivity index (χ0v) is 25.0. The fourth-order valence-corrected chi connectivity index (χ4v) is 5.02. The maximum Gasteiger partial charge on any atom is 0.326 e. The van der Waals surface area contributed by atoms with Gasteiger partial charge in [0.15, 0.2) is 0 Å². The molecule has 0 aromatic heterocycles. The molecule has 0 saturated heterocycles. The van der Waals surface area contributed by atoms with Crippen LogP contribution in [0.25, 0.3) is 11.1 Å². The van der Waals surface area contributed by atoms with Gasteiger partial charge in [0.1, 0.15) is 17.5 Å². The molecular formula is C32H29Cl2N3O6. The standard InChI is InChI=1S/C32H29Cl2N3O6/c1-18-7-4-5-10-24(18)37-32(41)35-21-16-26(42-2)28(27(17-21)43-3)20-13-11-19(12-14-20)15-25(31(39)40)36-30(38)29-22(33)8-6-9-23(29)34/h4-14,16-17,25H,15H2,1-3H3,(H,36,38)(H,39,40)(H2,35,37,41)/t25-/m0/s1. The highest BCUT2D eigenvalue weighted by atomic mass is 35.5. The Morgan fingerprint density at radius 3 is 2.00 bits per heavy atom. The van der Waals surface area contributed by atoms with Crippen molar-refractivity contribution < 1.29 is 29.0 Å². The molecule has 0 aliphatic heterocycles. The van der Waals surface area contributed by atoms with Crippen molar-refractivity contribution in [1.29, 1.82) is 0 Å². The molecule has 0 saturated carbocycles. The molecule has 0 radical (unpaired) electrons. The lowest BCUT2D eigenvalue weighted by Crippen LogP contribution is -2.42. The second kappa shape index (κ2) is 14.0. The Bertz CT molecular complexity index is 1610. The first-order valence-corrected chi connectivity index (χ1v) is 13.8. The summed E-state index contributed by atoms with van der Waals surface area (Å²) in [4.78, 5) is 37.4. The topological polar surface area (TPSA) is 126 Å². The Hall–Kier alpha value is -4.73. The fraction of sp³-hybridized carbons (Fsp3) is 0.156. The lowest BCUT2D eigenvalue weighted by atomic mass is 9.98. The highest BCUT2D eigenvalue weighted by Crippen LogP contribution is 2.41. The molecule has 0 spiro atoms. The monoisotopic (exact) mass is 621 g/mol. The van der Waals surface area contributed by atoms with Gasteiger partial charge in [-0.05, 0) is 41.8 Å². The van der Waals surface area contributed by atoms with E-state index in [4.69, 9.17) is 32.7 Å². The summed E-state index contributed by atoms with van der Waals surface area (Å²) in [6.07, 6.45) is 0.0105. The van der Waals surface area contributed by atoms with Crippen LogP contribution >= 0.6 is 23.2 Å². The van der Waals surface area contributed by atoms with Crippen LogP contribution < -0.4 is 25.4 Å². The zero-order chi connectivity index (χ0) is 31.1. The van der Waals surface area contributed by atoms with Crippen molar-refractivity contribution in [3.63, 3.8) is 0 Å². The van der Waals surface area contributed by atoms with Crippen molar-refractivity contribution in [3.8, 4) is 22.6 Å². The molecule has 0 heterocycles. The molecule has 1 atom stereocenters.